The van der Waals surface area contributed by atoms with Crippen LogP contribution in [0.4, 0.5) is 9.59 Å². The first-order valence-electron chi connectivity index (χ1n) is 6.33. The fourth-order valence-corrected chi connectivity index (χ4v) is 1.08. The topological polar surface area (TPSA) is 76.7 Å². The molecule has 6 heteroatoms. The molecule has 0 aromatic carbocycles. The lowest BCUT2D eigenvalue weighted by Gasteiger charge is -2.17. The molecule has 0 aromatic rings. The molecule has 0 fully saturated rings. The molecule has 0 aromatic heterocycles. The maximum atomic E-state index is 11.4. The van der Waals surface area contributed by atoms with Crippen LogP contribution in [-0.2, 0) is 9.47 Å². The van der Waals surface area contributed by atoms with E-state index in [0.29, 0.717) is 25.5 Å². The second-order valence-corrected chi connectivity index (χ2v) is 4.37. The van der Waals surface area contributed by atoms with Gasteiger partial charge in [-0.15, -0.1) is 0 Å². The van der Waals surface area contributed by atoms with Crippen molar-refractivity contribution in [2.75, 3.05) is 19.8 Å². The highest BCUT2D eigenvalue weighted by atomic mass is 16.6. The summed E-state index contributed by atoms with van der Waals surface area (Å²) in [5, 5.41) is 5.17. The number of carbonyl (C=O) groups is 2. The zero-order valence-electron chi connectivity index (χ0n) is 11.6. The zero-order valence-corrected chi connectivity index (χ0v) is 11.6. The molecular weight excluding hydrogens is 236 g/mol. The van der Waals surface area contributed by atoms with Crippen LogP contribution in [-0.4, -0.2) is 38.0 Å². The van der Waals surface area contributed by atoms with Gasteiger partial charge in [0.05, 0.1) is 12.6 Å². The molecule has 0 spiro atoms. The van der Waals surface area contributed by atoms with Crippen LogP contribution in [0.1, 0.15) is 34.1 Å². The number of ether oxygens (including phenoxy) is 2. The third-order valence-corrected chi connectivity index (χ3v) is 2.10. The highest BCUT2D eigenvalue weighted by molar-refractivity contribution is 5.68. The molecule has 106 valence electrons. The van der Waals surface area contributed by atoms with E-state index >= 15 is 0 Å². The van der Waals surface area contributed by atoms with Crippen LogP contribution in [0.2, 0.25) is 0 Å². The Morgan fingerprint density at radius 3 is 2.17 bits per heavy atom. The predicted octanol–water partition coefficient (Wildman–Crippen LogP) is 1.89. The van der Waals surface area contributed by atoms with E-state index in [1.54, 1.807) is 6.92 Å². The normalized spacial score (nSPS) is 11.8. The first-order valence-corrected chi connectivity index (χ1v) is 6.33. The maximum absolute atomic E-state index is 11.4. The first-order chi connectivity index (χ1) is 8.49. The van der Waals surface area contributed by atoms with Crippen molar-refractivity contribution >= 4 is 12.2 Å². The van der Waals surface area contributed by atoms with Gasteiger partial charge in [-0.05, 0) is 19.3 Å². The summed E-state index contributed by atoms with van der Waals surface area (Å²) >= 11 is 0. The van der Waals surface area contributed by atoms with E-state index in [0.717, 1.165) is 0 Å². The van der Waals surface area contributed by atoms with Gasteiger partial charge in [0, 0.05) is 6.54 Å². The average Bonchev–Trinajstić information content (AvgIpc) is 2.32. The summed E-state index contributed by atoms with van der Waals surface area (Å²) in [6.07, 6.45) is -0.292. The van der Waals surface area contributed by atoms with Gasteiger partial charge >= 0.3 is 12.2 Å². The molecule has 2 amide bonds. The van der Waals surface area contributed by atoms with Crippen LogP contribution in [0.3, 0.4) is 0 Å². The molecule has 0 saturated heterocycles. The number of nitrogens with one attached hydrogen (secondary N) is 2. The number of hydrogen-bond acceptors (Lipinski definition) is 4. The van der Waals surface area contributed by atoms with Crippen LogP contribution in [0.15, 0.2) is 0 Å². The van der Waals surface area contributed by atoms with Crippen molar-refractivity contribution in [3.63, 3.8) is 0 Å². The van der Waals surface area contributed by atoms with Gasteiger partial charge in [-0.3, -0.25) is 0 Å². The predicted molar refractivity (Wildman–Crippen MR) is 68.4 cm³/mol. The molecule has 0 bridgehead atoms. The lowest BCUT2D eigenvalue weighted by atomic mass is 10.2. The van der Waals surface area contributed by atoms with E-state index in [9.17, 15) is 9.59 Å². The van der Waals surface area contributed by atoms with Crippen molar-refractivity contribution in [1.82, 2.24) is 10.6 Å². The van der Waals surface area contributed by atoms with Gasteiger partial charge in [0.15, 0.2) is 0 Å². The average molecular weight is 260 g/mol. The van der Waals surface area contributed by atoms with Crippen LogP contribution in [0, 0.1) is 5.92 Å². The van der Waals surface area contributed by atoms with E-state index in [4.69, 9.17) is 9.47 Å². The Hall–Kier alpha value is -1.46. The number of hydrogen-bond donors (Lipinski definition) is 2. The zero-order chi connectivity index (χ0) is 14.0. The highest BCUT2D eigenvalue weighted by Crippen LogP contribution is 1.97. The van der Waals surface area contributed by atoms with Crippen LogP contribution in [0.25, 0.3) is 0 Å². The van der Waals surface area contributed by atoms with Gasteiger partial charge in [0.25, 0.3) is 0 Å². The van der Waals surface area contributed by atoms with Crippen molar-refractivity contribution in [1.29, 1.82) is 0 Å². The number of rotatable bonds is 7. The van der Waals surface area contributed by atoms with Crippen LogP contribution in [0.5, 0.6) is 0 Å². The summed E-state index contributed by atoms with van der Waals surface area (Å²) < 4.78 is 9.93. The number of alkyl carbamates (subject to hydrolysis) is 2. The lowest BCUT2D eigenvalue weighted by Crippen LogP contribution is -2.40. The van der Waals surface area contributed by atoms with Crippen molar-refractivity contribution in [2.45, 2.75) is 40.2 Å². The summed E-state index contributed by atoms with van der Waals surface area (Å²) in [4.78, 5) is 22.5. The Balaban J connectivity index is 3.88. The van der Waals surface area contributed by atoms with Gasteiger partial charge in [-0.25, -0.2) is 9.59 Å². The first kappa shape index (κ1) is 16.5. The second kappa shape index (κ2) is 9.56. The summed E-state index contributed by atoms with van der Waals surface area (Å²) in [7, 11) is 0. The molecule has 0 aliphatic rings. The van der Waals surface area contributed by atoms with Crippen LogP contribution < -0.4 is 10.6 Å². The molecule has 2 N–H and O–H groups in total. The van der Waals surface area contributed by atoms with Crippen LogP contribution >= 0.6 is 0 Å². The standard InChI is InChI=1S/C12H24N2O4/c1-5-10(8-18-11(15)13-6-2)14-12(16)17-7-9(3)4/h9-10H,5-8H2,1-4H3,(H,13,15)(H,14,16)/t10-/m0/s1. The SMILES string of the molecule is CCNC(=O)OC[C@H](CC)NC(=O)OCC(C)C. The monoisotopic (exact) mass is 260 g/mol. The second-order valence-electron chi connectivity index (χ2n) is 4.37. The molecule has 0 radical (unpaired) electrons. The molecule has 0 rings (SSSR count). The summed E-state index contributed by atoms with van der Waals surface area (Å²) in [5.41, 5.74) is 0. The smallest absolute Gasteiger partial charge is 0.407 e. The Labute approximate surface area is 108 Å². The molecule has 0 aliphatic heterocycles. The van der Waals surface area contributed by atoms with Gasteiger partial charge < -0.3 is 20.1 Å². The molecular formula is C12H24N2O4. The summed E-state index contributed by atoms with van der Waals surface area (Å²) in [6.45, 7) is 8.65. The van der Waals surface area contributed by atoms with Gasteiger partial charge in [0.2, 0.25) is 0 Å². The molecule has 0 aliphatic carbocycles. The third kappa shape index (κ3) is 8.66. The number of carbonyl (C=O) groups excluding carboxylic acids is 2. The van der Waals surface area contributed by atoms with Gasteiger partial charge in [-0.1, -0.05) is 20.8 Å². The minimum atomic E-state index is -0.478. The molecule has 1 atom stereocenters. The van der Waals surface area contributed by atoms with Crippen molar-refractivity contribution in [2.24, 2.45) is 5.92 Å². The Morgan fingerprint density at radius 2 is 1.67 bits per heavy atom. The molecule has 6 nitrogen and oxygen atoms in total. The largest absolute Gasteiger partial charge is 0.449 e. The van der Waals surface area contributed by atoms with Crippen molar-refractivity contribution in [3.05, 3.63) is 0 Å². The summed E-state index contributed by atoms with van der Waals surface area (Å²) in [6, 6.07) is -0.229. The minimum Gasteiger partial charge on any atom is -0.449 e. The van der Waals surface area contributed by atoms with Crippen molar-refractivity contribution < 1.29 is 19.1 Å². The van der Waals surface area contributed by atoms with E-state index in [1.807, 2.05) is 20.8 Å². The molecule has 0 heterocycles. The fourth-order valence-electron chi connectivity index (χ4n) is 1.08. The van der Waals surface area contributed by atoms with Crippen molar-refractivity contribution in [3.8, 4) is 0 Å². The van der Waals surface area contributed by atoms with E-state index in [2.05, 4.69) is 10.6 Å². The van der Waals surface area contributed by atoms with E-state index in [1.165, 1.54) is 0 Å². The lowest BCUT2D eigenvalue weighted by molar-refractivity contribution is 0.111. The van der Waals surface area contributed by atoms with E-state index < -0.39 is 12.2 Å². The number of amides is 2. The van der Waals surface area contributed by atoms with Gasteiger partial charge in [-0.2, -0.15) is 0 Å². The fraction of sp³-hybridized carbons (Fsp3) is 0.833. The molecule has 18 heavy (non-hydrogen) atoms. The Kier molecular flexibility index (Phi) is 8.78. The minimum absolute atomic E-state index is 0.138. The third-order valence-electron chi connectivity index (χ3n) is 2.10. The maximum Gasteiger partial charge on any atom is 0.407 e. The Bertz CT molecular complexity index is 256. The quantitative estimate of drug-likeness (QED) is 0.733. The Morgan fingerprint density at radius 1 is 1.06 bits per heavy atom. The summed E-state index contributed by atoms with van der Waals surface area (Å²) in [5.74, 6) is 0.294. The van der Waals surface area contributed by atoms with Gasteiger partial charge in [0.1, 0.15) is 6.61 Å². The van der Waals surface area contributed by atoms with E-state index in [-0.39, 0.29) is 12.6 Å². The molecule has 0 saturated carbocycles. The highest BCUT2D eigenvalue weighted by Gasteiger charge is 2.13. The molecule has 0 unspecified atom stereocenters.